The van der Waals surface area contributed by atoms with Crippen LogP contribution in [0.5, 0.6) is 0 Å². The van der Waals surface area contributed by atoms with E-state index in [1.165, 1.54) is 6.08 Å². The summed E-state index contributed by atoms with van der Waals surface area (Å²) in [5, 5.41) is 0. The Balaban J connectivity index is -0.00000000990. The molecular formula is C4H6V5-2. The summed E-state index contributed by atoms with van der Waals surface area (Å²) in [6.45, 7) is 8.26. The fourth-order valence-electron chi connectivity index (χ4n) is 0. The van der Waals surface area contributed by atoms with Crippen LogP contribution in [0.3, 0.4) is 0 Å². The van der Waals surface area contributed by atoms with Crippen molar-refractivity contribution in [1.82, 2.24) is 0 Å². The predicted octanol–water partition coefficient (Wildman–Crippen LogP) is 1.19. The molecule has 5 heteroatoms. The second kappa shape index (κ2) is 45.8. The normalized spacial score (nSPS) is 3.00. The molecule has 0 bridgehead atoms. The molecular weight excluding hydrogens is 303 g/mol. The van der Waals surface area contributed by atoms with Crippen molar-refractivity contribution < 1.29 is 84.9 Å². The van der Waals surface area contributed by atoms with Gasteiger partial charge in [-0.3, -0.25) is 0 Å². The Morgan fingerprint density at radius 2 is 1.33 bits per heavy atom. The van der Waals surface area contributed by atoms with Crippen molar-refractivity contribution in [3.63, 3.8) is 0 Å². The van der Waals surface area contributed by atoms with Crippen LogP contribution in [-0.2, 0) is 84.9 Å². The summed E-state index contributed by atoms with van der Waals surface area (Å²) in [5.41, 5.74) is 0. The fraction of sp³-hybridized carbons (Fsp3) is 0.250. The first kappa shape index (κ1) is 29.9. The van der Waals surface area contributed by atoms with Crippen molar-refractivity contribution in [3.8, 4) is 0 Å². The Bertz CT molecular complexity index is 30.1. The summed E-state index contributed by atoms with van der Waals surface area (Å²) >= 11 is 4.50. The standard InChI is InChI=1S/C4H6.5V/c1-3-4-2;;;;;/h1,3H,2,4H2;;;;;/q-2;;;;;. The van der Waals surface area contributed by atoms with Crippen molar-refractivity contribution in [3.05, 3.63) is 19.6 Å². The van der Waals surface area contributed by atoms with Crippen LogP contribution < -0.4 is 0 Å². The van der Waals surface area contributed by atoms with Crippen molar-refractivity contribution in [2.75, 3.05) is 0 Å². The minimum atomic E-state index is 0. The Labute approximate surface area is 109 Å². The van der Waals surface area contributed by atoms with Crippen molar-refractivity contribution in [2.45, 2.75) is 6.42 Å². The Morgan fingerprint density at radius 3 is 1.33 bits per heavy atom. The molecule has 0 rings (SSSR count). The maximum atomic E-state index is 4.84. The van der Waals surface area contributed by atoms with Gasteiger partial charge in [-0.25, -0.2) is 0 Å². The van der Waals surface area contributed by atoms with E-state index >= 15 is 0 Å². The van der Waals surface area contributed by atoms with Gasteiger partial charge in [0, 0.05) is 55.7 Å². The van der Waals surface area contributed by atoms with E-state index in [4.69, 9.17) is 6.58 Å². The van der Waals surface area contributed by atoms with Gasteiger partial charge in [0.2, 0.25) is 0 Å². The topological polar surface area (TPSA) is 0 Å². The molecule has 0 aromatic rings. The quantitative estimate of drug-likeness (QED) is 0.638. The van der Waals surface area contributed by atoms with Crippen LogP contribution in [0.1, 0.15) is 6.42 Å². The van der Waals surface area contributed by atoms with E-state index in [-0.39, 0.29) is 55.7 Å². The molecule has 0 fully saturated rings. The van der Waals surface area contributed by atoms with Gasteiger partial charge in [0.1, 0.15) is 0 Å². The van der Waals surface area contributed by atoms with Crippen LogP contribution in [0.4, 0.5) is 0 Å². The second-order valence-electron chi connectivity index (χ2n) is 0.524. The van der Waals surface area contributed by atoms with E-state index in [1.807, 2.05) is 0 Å². The van der Waals surface area contributed by atoms with Gasteiger partial charge in [0.25, 0.3) is 0 Å². The third-order valence-electron chi connectivity index (χ3n) is 0.167. The predicted molar refractivity (Wildman–Crippen MR) is 18.8 cm³/mol. The molecule has 9 heavy (non-hydrogen) atoms. The first-order chi connectivity index (χ1) is 2.91. The zero-order valence-corrected chi connectivity index (χ0v) is 11.8. The number of rotatable bonds is 1. The third kappa shape index (κ3) is 59.7. The van der Waals surface area contributed by atoms with E-state index < -0.39 is 0 Å². The van der Waals surface area contributed by atoms with Crippen LogP contribution in [-0.4, -0.2) is 0 Å². The van der Waals surface area contributed by atoms with Crippen molar-refractivity contribution in [2.24, 2.45) is 0 Å². The molecule has 3 radical (unpaired) electrons. The van der Waals surface area contributed by atoms with Gasteiger partial charge >= 0.3 is 29.3 Å². The van der Waals surface area contributed by atoms with Gasteiger partial charge in [-0.15, -0.1) is 0 Å². The average molecular weight is 309 g/mol. The third-order valence-corrected chi connectivity index (χ3v) is 0.167. The van der Waals surface area contributed by atoms with E-state index in [2.05, 4.69) is 36.2 Å². The Morgan fingerprint density at radius 1 is 1.22 bits per heavy atom. The number of allylic oxidation sites excluding steroid dienone is 1. The molecule has 49 valence electrons. The van der Waals surface area contributed by atoms with Gasteiger partial charge in [-0.2, -0.15) is 6.42 Å². The maximum absolute atomic E-state index is 4.84. The molecule has 0 aromatic carbocycles. The first-order valence-electron chi connectivity index (χ1n) is 1.44. The second-order valence-corrected chi connectivity index (χ2v) is 0.524. The molecule has 0 nitrogen and oxygen atoms in total. The molecule has 0 saturated heterocycles. The van der Waals surface area contributed by atoms with Gasteiger partial charge in [-0.05, 0) is 0 Å². The zero-order chi connectivity index (χ0) is 5.41. The SMILES string of the molecule is [CH-]=CC[CH2-].[V].[V].[V].[V]=[V]. The molecule has 0 saturated carbocycles. The van der Waals surface area contributed by atoms with Crippen LogP contribution in [0.2, 0.25) is 0 Å². The number of hydrogen-bond donors (Lipinski definition) is 0. The summed E-state index contributed by atoms with van der Waals surface area (Å²) in [6.07, 6.45) is 2.24. The molecule has 0 N–H and O–H groups in total. The number of hydrogen-bond acceptors (Lipinski definition) is 0. The summed E-state index contributed by atoms with van der Waals surface area (Å²) in [4.78, 5) is 0. The molecule has 0 unspecified atom stereocenters. The van der Waals surface area contributed by atoms with Gasteiger partial charge in [-0.1, -0.05) is 0 Å². The fourth-order valence-corrected chi connectivity index (χ4v) is 0. The van der Waals surface area contributed by atoms with E-state index in [0.717, 1.165) is 6.42 Å². The van der Waals surface area contributed by atoms with Crippen LogP contribution in [0.25, 0.3) is 0 Å². The van der Waals surface area contributed by atoms with Gasteiger partial charge < -0.3 is 19.6 Å². The Kier molecular flexibility index (Phi) is 152. The average Bonchev–Trinajstić information content (AvgIpc) is 1.72. The first-order valence-corrected chi connectivity index (χ1v) is 4.64. The van der Waals surface area contributed by atoms with Crippen molar-refractivity contribution in [1.29, 1.82) is 0 Å². The van der Waals surface area contributed by atoms with E-state index in [1.54, 1.807) is 0 Å². The molecule has 0 amide bonds. The summed E-state index contributed by atoms with van der Waals surface area (Å²) in [5.74, 6) is 0. The van der Waals surface area contributed by atoms with E-state index in [0.29, 0.717) is 0 Å². The van der Waals surface area contributed by atoms with Crippen LogP contribution in [0, 0.1) is 13.5 Å². The zero-order valence-electron chi connectivity index (χ0n) is 4.80. The molecule has 0 aliphatic rings. The molecule has 0 aromatic heterocycles. The minimum absolute atomic E-state index is 0. The molecule has 0 aliphatic heterocycles. The van der Waals surface area contributed by atoms with Crippen LogP contribution >= 0.6 is 0 Å². The summed E-state index contributed by atoms with van der Waals surface area (Å²) in [7, 11) is 0. The molecule has 0 aliphatic carbocycles. The monoisotopic (exact) mass is 309 g/mol. The van der Waals surface area contributed by atoms with Crippen molar-refractivity contribution >= 4 is 0 Å². The van der Waals surface area contributed by atoms with Gasteiger partial charge in [0.15, 0.2) is 0 Å². The molecule has 0 atom stereocenters. The summed E-state index contributed by atoms with van der Waals surface area (Å²) in [6, 6.07) is 0. The Hall–Kier alpha value is 2.66. The van der Waals surface area contributed by atoms with E-state index in [9.17, 15) is 0 Å². The van der Waals surface area contributed by atoms with Crippen LogP contribution in [0.15, 0.2) is 6.08 Å². The molecule has 0 spiro atoms. The molecule has 0 heterocycles. The van der Waals surface area contributed by atoms with Gasteiger partial charge in [0.05, 0.1) is 0 Å². The summed E-state index contributed by atoms with van der Waals surface area (Å²) < 4.78 is 0.